The quantitative estimate of drug-likeness (QED) is 0.320. The summed E-state index contributed by atoms with van der Waals surface area (Å²) < 4.78 is 5.15. The number of ketones is 1. The zero-order valence-electron chi connectivity index (χ0n) is 17.8. The molecule has 0 atom stereocenters. The predicted molar refractivity (Wildman–Crippen MR) is 132 cm³/mol. The molecule has 0 radical (unpaired) electrons. The first-order valence-electron chi connectivity index (χ1n) is 10.2. The number of allylic oxidation sites excluding steroid dienone is 1. The van der Waals surface area contributed by atoms with Gasteiger partial charge in [0.05, 0.1) is 23.5 Å². The molecule has 0 fully saturated rings. The van der Waals surface area contributed by atoms with Gasteiger partial charge in [0, 0.05) is 17.7 Å². The van der Waals surface area contributed by atoms with E-state index >= 15 is 0 Å². The third-order valence-corrected chi connectivity index (χ3v) is 5.28. The van der Waals surface area contributed by atoms with Gasteiger partial charge < -0.3 is 4.74 Å². The van der Waals surface area contributed by atoms with E-state index in [1.54, 1.807) is 36.4 Å². The number of hydrazone groups is 1. The molecule has 6 heteroatoms. The molecular formula is C26H22ClN3O2. The average Bonchev–Trinajstić information content (AvgIpc) is 3.18. The van der Waals surface area contributed by atoms with Crippen LogP contribution in [0.25, 0.3) is 6.08 Å². The standard InChI is InChI=1S/C26H22ClN3O2/c1-18-17-26(30(29-18)24-6-4-3-5-23(24)27)28-21-12-10-20(11-13-21)25(31)16-9-19-7-14-22(32-2)15-8-19/h3-16H,17H2,1-2H3/b16-9+,28-26?. The molecule has 160 valence electrons. The third-order valence-electron chi connectivity index (χ3n) is 4.96. The van der Waals surface area contributed by atoms with Crippen molar-refractivity contribution in [3.8, 4) is 5.75 Å². The number of ether oxygens (including phenoxy) is 1. The molecule has 32 heavy (non-hydrogen) atoms. The van der Waals surface area contributed by atoms with Gasteiger partial charge in [-0.2, -0.15) is 5.10 Å². The fourth-order valence-electron chi connectivity index (χ4n) is 3.30. The monoisotopic (exact) mass is 443 g/mol. The molecule has 3 aromatic carbocycles. The summed E-state index contributed by atoms with van der Waals surface area (Å²) >= 11 is 6.35. The predicted octanol–water partition coefficient (Wildman–Crippen LogP) is 6.56. The van der Waals surface area contributed by atoms with E-state index in [2.05, 4.69) is 5.10 Å². The number of anilines is 1. The summed E-state index contributed by atoms with van der Waals surface area (Å²) in [6, 6.07) is 22.3. The number of methoxy groups -OCH3 is 1. The minimum atomic E-state index is -0.0715. The lowest BCUT2D eigenvalue weighted by atomic mass is 10.1. The van der Waals surface area contributed by atoms with Gasteiger partial charge in [-0.3, -0.25) is 4.79 Å². The number of rotatable bonds is 6. The Kier molecular flexibility index (Phi) is 6.47. The molecule has 0 saturated heterocycles. The number of amidine groups is 1. The van der Waals surface area contributed by atoms with Gasteiger partial charge in [-0.25, -0.2) is 10.0 Å². The molecule has 0 saturated carbocycles. The first kappa shape index (κ1) is 21.5. The summed E-state index contributed by atoms with van der Waals surface area (Å²) in [7, 11) is 1.62. The number of hydrogen-bond acceptors (Lipinski definition) is 4. The van der Waals surface area contributed by atoms with Crippen LogP contribution in [0.15, 0.2) is 89.0 Å². The summed E-state index contributed by atoms with van der Waals surface area (Å²) in [5.41, 5.74) is 4.02. The highest BCUT2D eigenvalue weighted by atomic mass is 35.5. The van der Waals surface area contributed by atoms with Gasteiger partial charge in [0.25, 0.3) is 0 Å². The van der Waals surface area contributed by atoms with Crippen molar-refractivity contribution in [3.05, 3.63) is 95.0 Å². The highest BCUT2D eigenvalue weighted by molar-refractivity contribution is 6.34. The van der Waals surface area contributed by atoms with Crippen LogP contribution in [0.1, 0.15) is 29.3 Å². The molecule has 3 aromatic rings. The topological polar surface area (TPSA) is 54.3 Å². The van der Waals surface area contributed by atoms with Crippen LogP contribution in [-0.4, -0.2) is 24.4 Å². The Labute approximate surface area is 192 Å². The van der Waals surface area contributed by atoms with Crippen LogP contribution in [-0.2, 0) is 0 Å². The largest absolute Gasteiger partial charge is 0.497 e. The van der Waals surface area contributed by atoms with Gasteiger partial charge in [-0.15, -0.1) is 0 Å². The zero-order chi connectivity index (χ0) is 22.5. The van der Waals surface area contributed by atoms with Gasteiger partial charge in [-0.05, 0) is 67.1 Å². The van der Waals surface area contributed by atoms with E-state index in [9.17, 15) is 4.79 Å². The zero-order valence-corrected chi connectivity index (χ0v) is 18.6. The van der Waals surface area contributed by atoms with Gasteiger partial charge in [0.15, 0.2) is 5.78 Å². The normalized spacial score (nSPS) is 14.8. The lowest BCUT2D eigenvalue weighted by molar-refractivity contribution is 0.104. The Morgan fingerprint density at radius 2 is 1.78 bits per heavy atom. The molecule has 0 N–H and O–H groups in total. The molecule has 0 aliphatic carbocycles. The second-order valence-corrected chi connectivity index (χ2v) is 7.73. The minimum Gasteiger partial charge on any atom is -0.497 e. The fourth-order valence-corrected chi connectivity index (χ4v) is 3.52. The van der Waals surface area contributed by atoms with Crippen molar-refractivity contribution in [2.24, 2.45) is 10.1 Å². The van der Waals surface area contributed by atoms with Crippen molar-refractivity contribution in [2.75, 3.05) is 12.1 Å². The molecule has 1 aliphatic rings. The second-order valence-electron chi connectivity index (χ2n) is 7.32. The van der Waals surface area contributed by atoms with Gasteiger partial charge in [0.1, 0.15) is 11.6 Å². The molecule has 0 bridgehead atoms. The maximum Gasteiger partial charge on any atom is 0.185 e. The van der Waals surface area contributed by atoms with Crippen LogP contribution in [0.3, 0.4) is 0 Å². The van der Waals surface area contributed by atoms with E-state index in [0.717, 1.165) is 34.2 Å². The highest BCUT2D eigenvalue weighted by Crippen LogP contribution is 2.30. The molecule has 5 nitrogen and oxygen atoms in total. The molecule has 0 aromatic heterocycles. The van der Waals surface area contributed by atoms with Crippen molar-refractivity contribution >= 4 is 46.4 Å². The summed E-state index contributed by atoms with van der Waals surface area (Å²) in [6.07, 6.45) is 3.99. The van der Waals surface area contributed by atoms with Gasteiger partial charge in [0.2, 0.25) is 0 Å². The van der Waals surface area contributed by atoms with Gasteiger partial charge >= 0.3 is 0 Å². The first-order chi connectivity index (χ1) is 15.5. The van der Waals surface area contributed by atoms with E-state index in [4.69, 9.17) is 21.3 Å². The van der Waals surface area contributed by atoms with Crippen LogP contribution >= 0.6 is 11.6 Å². The molecule has 0 unspecified atom stereocenters. The SMILES string of the molecule is COc1ccc(/C=C/C(=O)c2ccc(N=C3CC(C)=NN3c3ccccc3Cl)cc2)cc1. The molecule has 4 rings (SSSR count). The summed E-state index contributed by atoms with van der Waals surface area (Å²) in [5, 5.41) is 6.96. The lowest BCUT2D eigenvalue weighted by Gasteiger charge is -2.16. The number of carbonyl (C=O) groups excluding carboxylic acids is 1. The Balaban J connectivity index is 1.49. The second kappa shape index (κ2) is 9.62. The Hall–Kier alpha value is -3.70. The molecule has 0 spiro atoms. The van der Waals surface area contributed by atoms with Crippen molar-refractivity contribution in [3.63, 3.8) is 0 Å². The van der Waals surface area contributed by atoms with Gasteiger partial charge in [-0.1, -0.05) is 41.9 Å². The van der Waals surface area contributed by atoms with E-state index < -0.39 is 0 Å². The minimum absolute atomic E-state index is 0.0715. The van der Waals surface area contributed by atoms with Crippen molar-refractivity contribution in [1.29, 1.82) is 0 Å². The fraction of sp³-hybridized carbons (Fsp3) is 0.115. The van der Waals surface area contributed by atoms with Crippen LogP contribution in [0.5, 0.6) is 5.75 Å². The maximum atomic E-state index is 12.5. The molecular weight excluding hydrogens is 422 g/mol. The number of para-hydroxylation sites is 1. The number of aliphatic imine (C=N–C) groups is 1. The van der Waals surface area contributed by atoms with E-state index in [1.165, 1.54) is 0 Å². The molecule has 0 amide bonds. The Bertz CT molecular complexity index is 1210. The highest BCUT2D eigenvalue weighted by Gasteiger charge is 2.22. The first-order valence-corrected chi connectivity index (χ1v) is 10.5. The Morgan fingerprint density at radius 1 is 1.06 bits per heavy atom. The third kappa shape index (κ3) is 4.95. The smallest absolute Gasteiger partial charge is 0.185 e. The number of halogens is 1. The van der Waals surface area contributed by atoms with E-state index in [0.29, 0.717) is 17.0 Å². The van der Waals surface area contributed by atoms with Crippen molar-refractivity contribution < 1.29 is 9.53 Å². The molecule has 1 heterocycles. The van der Waals surface area contributed by atoms with E-state index in [-0.39, 0.29) is 5.78 Å². The number of hydrogen-bond donors (Lipinski definition) is 0. The maximum absolute atomic E-state index is 12.5. The number of carbonyl (C=O) groups is 1. The summed E-state index contributed by atoms with van der Waals surface area (Å²) in [5.74, 6) is 1.49. The van der Waals surface area contributed by atoms with E-state index in [1.807, 2.05) is 67.6 Å². The summed E-state index contributed by atoms with van der Waals surface area (Å²) in [4.78, 5) is 17.3. The summed E-state index contributed by atoms with van der Waals surface area (Å²) in [6.45, 7) is 1.96. The van der Waals surface area contributed by atoms with Crippen LogP contribution < -0.4 is 9.75 Å². The van der Waals surface area contributed by atoms with Crippen LogP contribution in [0.2, 0.25) is 5.02 Å². The lowest BCUT2D eigenvalue weighted by Crippen LogP contribution is -2.20. The number of benzene rings is 3. The number of nitrogens with zero attached hydrogens (tertiary/aromatic N) is 3. The van der Waals surface area contributed by atoms with Crippen LogP contribution in [0, 0.1) is 0 Å². The van der Waals surface area contributed by atoms with Crippen LogP contribution in [0.4, 0.5) is 11.4 Å². The van der Waals surface area contributed by atoms with Crippen molar-refractivity contribution in [1.82, 2.24) is 0 Å². The Morgan fingerprint density at radius 3 is 2.47 bits per heavy atom. The van der Waals surface area contributed by atoms with Crippen molar-refractivity contribution in [2.45, 2.75) is 13.3 Å². The molecule has 1 aliphatic heterocycles. The average molecular weight is 444 g/mol.